The fourth-order valence-electron chi connectivity index (χ4n) is 5.67. The van der Waals surface area contributed by atoms with E-state index in [0.717, 1.165) is 11.1 Å². The number of hydrogen-bond donors (Lipinski definition) is 2. The third-order valence-electron chi connectivity index (χ3n) is 8.38. The van der Waals surface area contributed by atoms with Gasteiger partial charge in [0.2, 0.25) is 10.0 Å². The Morgan fingerprint density at radius 2 is 1.63 bits per heavy atom. The molecule has 1 aliphatic heterocycles. The van der Waals surface area contributed by atoms with Crippen molar-refractivity contribution in [3.8, 4) is 5.75 Å². The SMILES string of the molecule is O=S(=O)(Nc1c(NC2=CCC(I)C=C2F)c(F)c(F)c2c1OCC2)C1(C[C@H](COCc2ccccc2)OCc2ccccc2)CC1. The van der Waals surface area contributed by atoms with E-state index in [4.69, 9.17) is 14.2 Å². The molecule has 2 N–H and O–H groups in total. The van der Waals surface area contributed by atoms with Crippen LogP contribution in [0, 0.1) is 11.6 Å². The maximum Gasteiger partial charge on any atom is 0.238 e. The minimum absolute atomic E-state index is 0.0522. The summed E-state index contributed by atoms with van der Waals surface area (Å²) in [6.45, 7) is 0.787. The first-order valence-electron chi connectivity index (χ1n) is 15.1. The first-order chi connectivity index (χ1) is 22.2. The summed E-state index contributed by atoms with van der Waals surface area (Å²) in [7, 11) is -4.22. The Kier molecular flexibility index (Phi) is 9.97. The Balaban J connectivity index is 1.25. The van der Waals surface area contributed by atoms with Gasteiger partial charge in [-0.25, -0.2) is 21.6 Å². The summed E-state index contributed by atoms with van der Waals surface area (Å²) in [6.07, 6.45) is 3.62. The van der Waals surface area contributed by atoms with Gasteiger partial charge in [-0.05, 0) is 42.9 Å². The summed E-state index contributed by atoms with van der Waals surface area (Å²) in [6, 6.07) is 19.2. The summed E-state index contributed by atoms with van der Waals surface area (Å²) in [4.78, 5) is 0. The average molecular weight is 767 g/mol. The molecule has 3 aliphatic rings. The fraction of sp³-hybridized carbons (Fsp3) is 0.353. The van der Waals surface area contributed by atoms with Crippen molar-refractivity contribution in [3.05, 3.63) is 113 Å². The van der Waals surface area contributed by atoms with Crippen molar-refractivity contribution in [2.75, 3.05) is 23.3 Å². The topological polar surface area (TPSA) is 85.9 Å². The molecule has 3 aromatic carbocycles. The van der Waals surface area contributed by atoms with Crippen LogP contribution in [-0.2, 0) is 39.1 Å². The van der Waals surface area contributed by atoms with Crippen LogP contribution in [0.25, 0.3) is 0 Å². The second-order valence-electron chi connectivity index (χ2n) is 11.7. The summed E-state index contributed by atoms with van der Waals surface area (Å²) in [5.74, 6) is -3.21. The standard InChI is InChI=1S/C34H34F3IN2O5S/c35-27-17-24(38)11-12-28(27)39-31-30(37)29(36)26-13-16-44-33(26)32(31)40-46(41,42)34(14-15-34)18-25(45-20-23-9-5-2-6-10-23)21-43-19-22-7-3-1-4-8-22/h1-10,12,17,24-25,39-40H,11,13-16,18-21H2/t24?,25-/m1/s1. The summed E-state index contributed by atoms with van der Waals surface area (Å²) in [5.41, 5.74) is 0.965. The van der Waals surface area contributed by atoms with E-state index < -0.39 is 44.0 Å². The predicted molar refractivity (Wildman–Crippen MR) is 179 cm³/mol. The van der Waals surface area contributed by atoms with Gasteiger partial charge in [0, 0.05) is 15.9 Å². The fourth-order valence-corrected chi connectivity index (χ4v) is 7.97. The van der Waals surface area contributed by atoms with Gasteiger partial charge in [0.25, 0.3) is 0 Å². The van der Waals surface area contributed by atoms with Gasteiger partial charge >= 0.3 is 0 Å². The molecule has 2 atom stereocenters. The third kappa shape index (κ3) is 7.24. The lowest BCUT2D eigenvalue weighted by atomic mass is 10.1. The van der Waals surface area contributed by atoms with Gasteiger partial charge in [-0.3, -0.25) is 4.72 Å². The highest BCUT2D eigenvalue weighted by Crippen LogP contribution is 2.51. The molecule has 1 fully saturated rings. The molecule has 0 spiro atoms. The van der Waals surface area contributed by atoms with Crippen molar-refractivity contribution in [2.45, 2.75) is 60.1 Å². The van der Waals surface area contributed by atoms with Gasteiger partial charge in [0.05, 0.1) is 43.0 Å². The van der Waals surface area contributed by atoms with Crippen LogP contribution >= 0.6 is 22.6 Å². The molecule has 46 heavy (non-hydrogen) atoms. The summed E-state index contributed by atoms with van der Waals surface area (Å²) < 4.78 is 92.8. The van der Waals surface area contributed by atoms with Crippen LogP contribution in [0.3, 0.4) is 0 Å². The Bertz CT molecular complexity index is 1730. The normalized spacial score (nSPS) is 19.0. The van der Waals surface area contributed by atoms with Gasteiger partial charge in [-0.1, -0.05) is 89.3 Å². The van der Waals surface area contributed by atoms with Gasteiger partial charge in [-0.2, -0.15) is 0 Å². The Labute approximate surface area is 280 Å². The summed E-state index contributed by atoms with van der Waals surface area (Å²) >= 11 is 2.06. The number of hydrogen-bond acceptors (Lipinski definition) is 6. The highest BCUT2D eigenvalue weighted by atomic mass is 127. The van der Waals surface area contributed by atoms with Crippen LogP contribution in [0.4, 0.5) is 24.5 Å². The molecule has 0 radical (unpaired) electrons. The number of halogens is 4. The van der Waals surface area contributed by atoms with Gasteiger partial charge in [0.1, 0.15) is 17.2 Å². The first-order valence-corrected chi connectivity index (χ1v) is 17.8. The zero-order chi connectivity index (χ0) is 32.3. The van der Waals surface area contributed by atoms with Crippen molar-refractivity contribution < 1.29 is 35.8 Å². The quantitative estimate of drug-likeness (QED) is 0.129. The molecule has 12 heteroatoms. The zero-order valence-corrected chi connectivity index (χ0v) is 27.9. The van der Waals surface area contributed by atoms with E-state index in [2.05, 4.69) is 32.6 Å². The lowest BCUT2D eigenvalue weighted by molar-refractivity contribution is -0.0344. The molecule has 244 valence electrons. The summed E-state index contributed by atoms with van der Waals surface area (Å²) in [5, 5.41) is 2.62. The van der Waals surface area contributed by atoms with Crippen LogP contribution in [0.1, 0.15) is 42.4 Å². The Morgan fingerprint density at radius 3 is 2.28 bits per heavy atom. The zero-order valence-electron chi connectivity index (χ0n) is 24.9. The molecular weight excluding hydrogens is 732 g/mol. The number of rotatable bonds is 14. The van der Waals surface area contributed by atoms with Crippen molar-refractivity contribution >= 4 is 44.0 Å². The lowest BCUT2D eigenvalue weighted by Crippen LogP contribution is -2.36. The Morgan fingerprint density at radius 1 is 0.957 bits per heavy atom. The van der Waals surface area contributed by atoms with E-state index in [1.807, 2.05) is 60.7 Å². The highest BCUT2D eigenvalue weighted by Gasteiger charge is 2.56. The van der Waals surface area contributed by atoms with Crippen molar-refractivity contribution in [3.63, 3.8) is 0 Å². The maximum absolute atomic E-state index is 15.6. The number of ether oxygens (including phenoxy) is 3. The number of fused-ring (bicyclic) bond motifs is 1. The number of allylic oxidation sites excluding steroid dienone is 3. The monoisotopic (exact) mass is 766 g/mol. The predicted octanol–water partition coefficient (Wildman–Crippen LogP) is 7.72. The molecule has 3 aromatic rings. The largest absolute Gasteiger partial charge is 0.491 e. The molecule has 7 nitrogen and oxygen atoms in total. The van der Waals surface area contributed by atoms with E-state index in [1.165, 1.54) is 12.2 Å². The molecule has 1 heterocycles. The van der Waals surface area contributed by atoms with E-state index in [0.29, 0.717) is 25.9 Å². The highest BCUT2D eigenvalue weighted by molar-refractivity contribution is 14.1. The minimum atomic E-state index is -4.22. The van der Waals surface area contributed by atoms with Crippen LogP contribution in [0.5, 0.6) is 5.75 Å². The average Bonchev–Trinajstić information content (AvgIpc) is 3.68. The first kappa shape index (κ1) is 32.9. The molecular formula is C34H34F3IN2O5S. The van der Waals surface area contributed by atoms with Crippen molar-refractivity contribution in [1.82, 2.24) is 0 Å². The number of nitrogens with one attached hydrogen (secondary N) is 2. The number of anilines is 2. The molecule has 1 saturated carbocycles. The second kappa shape index (κ2) is 14.0. The molecule has 0 amide bonds. The van der Waals surface area contributed by atoms with Gasteiger partial charge in [-0.15, -0.1) is 0 Å². The third-order valence-corrected chi connectivity index (χ3v) is 11.4. The van der Waals surface area contributed by atoms with E-state index in [9.17, 15) is 12.8 Å². The van der Waals surface area contributed by atoms with E-state index in [-0.39, 0.29) is 59.3 Å². The molecule has 0 aromatic heterocycles. The number of sulfonamides is 1. The van der Waals surface area contributed by atoms with Crippen molar-refractivity contribution in [1.29, 1.82) is 0 Å². The molecule has 0 bridgehead atoms. The van der Waals surface area contributed by atoms with Crippen LogP contribution in [0.15, 0.2) is 84.3 Å². The van der Waals surface area contributed by atoms with E-state index >= 15 is 8.78 Å². The number of benzene rings is 3. The smallest absolute Gasteiger partial charge is 0.238 e. The van der Waals surface area contributed by atoms with Crippen LogP contribution in [0.2, 0.25) is 0 Å². The van der Waals surface area contributed by atoms with E-state index in [1.54, 1.807) is 0 Å². The van der Waals surface area contributed by atoms with Gasteiger partial charge in [0.15, 0.2) is 17.4 Å². The molecule has 2 aliphatic carbocycles. The molecule has 0 saturated heterocycles. The van der Waals surface area contributed by atoms with Crippen LogP contribution < -0.4 is 14.8 Å². The molecule has 1 unspecified atom stereocenters. The van der Waals surface area contributed by atoms with Crippen molar-refractivity contribution in [2.24, 2.45) is 0 Å². The minimum Gasteiger partial charge on any atom is -0.491 e. The second-order valence-corrected chi connectivity index (χ2v) is 15.4. The Hall–Kier alpha value is -3.07. The molecule has 6 rings (SSSR count). The van der Waals surface area contributed by atoms with Crippen LogP contribution in [-0.4, -0.2) is 36.4 Å². The number of alkyl halides is 1. The maximum atomic E-state index is 15.6. The van der Waals surface area contributed by atoms with Gasteiger partial charge < -0.3 is 19.5 Å². The lowest BCUT2D eigenvalue weighted by Gasteiger charge is -2.26.